The van der Waals surface area contributed by atoms with Crippen molar-refractivity contribution in [3.8, 4) is 0 Å². The van der Waals surface area contributed by atoms with Crippen molar-refractivity contribution >= 4 is 5.91 Å². The molecule has 6 heteroatoms. The van der Waals surface area contributed by atoms with Crippen LogP contribution in [0.2, 0.25) is 0 Å². The molecule has 4 rings (SSSR count). The molecule has 6 nitrogen and oxygen atoms in total. The number of carbonyl (C=O) groups is 1. The number of aliphatic hydroxyl groups excluding tert-OH is 1. The molecule has 2 heterocycles. The van der Waals surface area contributed by atoms with Crippen molar-refractivity contribution in [1.29, 1.82) is 0 Å². The molecule has 0 bridgehead atoms. The van der Waals surface area contributed by atoms with Gasteiger partial charge in [0.1, 0.15) is 0 Å². The van der Waals surface area contributed by atoms with Crippen LogP contribution in [0.25, 0.3) is 0 Å². The van der Waals surface area contributed by atoms with Crippen LogP contribution in [0.3, 0.4) is 0 Å². The number of fused-ring (bicyclic) bond motifs is 3. The van der Waals surface area contributed by atoms with Gasteiger partial charge in [0, 0.05) is 32.0 Å². The van der Waals surface area contributed by atoms with E-state index in [1.807, 2.05) is 4.90 Å². The predicted molar refractivity (Wildman–Crippen MR) is 114 cm³/mol. The van der Waals surface area contributed by atoms with Gasteiger partial charge in [0.2, 0.25) is 5.91 Å². The molecule has 1 N–H and O–H groups in total. The summed E-state index contributed by atoms with van der Waals surface area (Å²) in [6.07, 6.45) is 5.80. The van der Waals surface area contributed by atoms with Crippen molar-refractivity contribution in [2.24, 2.45) is 28.6 Å². The van der Waals surface area contributed by atoms with Gasteiger partial charge in [0.15, 0.2) is 6.29 Å². The summed E-state index contributed by atoms with van der Waals surface area (Å²) >= 11 is 0. The van der Waals surface area contributed by atoms with Gasteiger partial charge in [-0.25, -0.2) is 0 Å². The zero-order valence-electron chi connectivity index (χ0n) is 19.3. The number of rotatable bonds is 4. The average molecular weight is 424 g/mol. The number of hydrogen-bond donors (Lipinski definition) is 1. The first-order chi connectivity index (χ1) is 14.3. The van der Waals surface area contributed by atoms with Crippen LogP contribution in [0.15, 0.2) is 0 Å². The summed E-state index contributed by atoms with van der Waals surface area (Å²) in [4.78, 5) is 15.2. The molecular formula is C24H41NO5. The lowest BCUT2D eigenvalue weighted by atomic mass is 9.46. The zero-order valence-corrected chi connectivity index (χ0v) is 19.3. The van der Waals surface area contributed by atoms with E-state index in [9.17, 15) is 9.90 Å². The number of hydrogen-bond acceptors (Lipinski definition) is 5. The van der Waals surface area contributed by atoms with Gasteiger partial charge in [-0.2, -0.15) is 0 Å². The summed E-state index contributed by atoms with van der Waals surface area (Å²) in [5.74, 6) is 1.34. The topological polar surface area (TPSA) is 68.2 Å². The highest BCUT2D eigenvalue weighted by atomic mass is 16.7. The third kappa shape index (κ3) is 3.94. The molecule has 4 fully saturated rings. The Labute approximate surface area is 181 Å². The molecule has 2 saturated carbocycles. The second kappa shape index (κ2) is 8.68. The molecular weight excluding hydrogens is 382 g/mol. The van der Waals surface area contributed by atoms with Crippen molar-refractivity contribution in [3.05, 3.63) is 0 Å². The highest BCUT2D eigenvalue weighted by Crippen LogP contribution is 2.62. The van der Waals surface area contributed by atoms with Crippen LogP contribution in [0.5, 0.6) is 0 Å². The molecule has 172 valence electrons. The molecule has 4 aliphatic rings. The lowest BCUT2D eigenvalue weighted by Gasteiger charge is -2.63. The fraction of sp³-hybridized carbons (Fsp3) is 0.958. The molecule has 1 amide bonds. The Balaban J connectivity index is 1.49. The Morgan fingerprint density at radius 1 is 1.13 bits per heavy atom. The predicted octanol–water partition coefficient (Wildman–Crippen LogP) is 3.22. The Kier molecular flexibility index (Phi) is 6.51. The van der Waals surface area contributed by atoms with Crippen LogP contribution in [0, 0.1) is 28.6 Å². The normalized spacial score (nSPS) is 45.0. The van der Waals surface area contributed by atoms with Gasteiger partial charge >= 0.3 is 0 Å². The molecule has 0 aromatic rings. The quantitative estimate of drug-likeness (QED) is 0.752. The second-order valence-electron chi connectivity index (χ2n) is 10.9. The van der Waals surface area contributed by atoms with E-state index in [2.05, 4.69) is 20.8 Å². The van der Waals surface area contributed by atoms with Gasteiger partial charge in [-0.1, -0.05) is 20.8 Å². The van der Waals surface area contributed by atoms with Crippen molar-refractivity contribution in [3.63, 3.8) is 0 Å². The minimum Gasteiger partial charge on any atom is -0.393 e. The van der Waals surface area contributed by atoms with Crippen LogP contribution in [-0.4, -0.2) is 67.8 Å². The Morgan fingerprint density at radius 3 is 2.57 bits per heavy atom. The smallest absolute Gasteiger partial charge is 0.222 e. The number of likely N-dealkylation sites (tertiary alicyclic amines) is 1. The number of piperidine rings is 1. The number of ether oxygens (including phenoxy) is 3. The molecule has 30 heavy (non-hydrogen) atoms. The Bertz CT molecular complexity index is 621. The van der Waals surface area contributed by atoms with Crippen molar-refractivity contribution in [2.75, 3.05) is 33.4 Å². The van der Waals surface area contributed by atoms with Gasteiger partial charge in [0.25, 0.3) is 0 Å². The van der Waals surface area contributed by atoms with E-state index < -0.39 is 6.10 Å². The summed E-state index contributed by atoms with van der Waals surface area (Å²) in [6.45, 7) is 9.73. The number of aliphatic hydroxyl groups is 1. The highest BCUT2D eigenvalue weighted by molar-refractivity contribution is 5.76. The van der Waals surface area contributed by atoms with E-state index in [4.69, 9.17) is 14.2 Å². The maximum absolute atomic E-state index is 13.2. The SMILES string of the molecule is COCC1OCC2(C)C(CCC3(C)C(CC(=O)N4CCC(C)CC4)C(O)CCC23)O1. The Morgan fingerprint density at radius 2 is 1.87 bits per heavy atom. The third-order valence-corrected chi connectivity index (χ3v) is 9.07. The van der Waals surface area contributed by atoms with Gasteiger partial charge < -0.3 is 24.2 Å². The van der Waals surface area contributed by atoms with E-state index in [1.165, 1.54) is 0 Å². The van der Waals surface area contributed by atoms with E-state index in [0.29, 0.717) is 31.5 Å². The fourth-order valence-electron chi connectivity index (χ4n) is 7.09. The third-order valence-electron chi connectivity index (χ3n) is 9.07. The first kappa shape index (κ1) is 22.5. The van der Waals surface area contributed by atoms with Crippen molar-refractivity contribution in [1.82, 2.24) is 4.90 Å². The van der Waals surface area contributed by atoms with Gasteiger partial charge in [-0.3, -0.25) is 4.79 Å². The lowest BCUT2D eigenvalue weighted by Crippen LogP contribution is -2.63. The van der Waals surface area contributed by atoms with Crippen LogP contribution < -0.4 is 0 Å². The fourth-order valence-corrected chi connectivity index (χ4v) is 7.09. The first-order valence-electron chi connectivity index (χ1n) is 12.0. The van der Waals surface area contributed by atoms with E-state index in [-0.39, 0.29) is 35.0 Å². The van der Waals surface area contributed by atoms with Crippen LogP contribution in [0.4, 0.5) is 0 Å². The number of amides is 1. The van der Waals surface area contributed by atoms with Crippen molar-refractivity contribution in [2.45, 2.75) is 84.2 Å². The molecule has 0 radical (unpaired) electrons. The molecule has 2 aliphatic carbocycles. The Hall–Kier alpha value is -0.690. The van der Waals surface area contributed by atoms with E-state index in [0.717, 1.165) is 51.6 Å². The maximum atomic E-state index is 13.2. The summed E-state index contributed by atoms with van der Waals surface area (Å²) in [5.41, 5.74) is -0.151. The molecule has 7 atom stereocenters. The molecule has 0 aromatic carbocycles. The summed E-state index contributed by atoms with van der Waals surface area (Å²) in [7, 11) is 1.67. The monoisotopic (exact) mass is 423 g/mol. The van der Waals surface area contributed by atoms with Crippen LogP contribution in [-0.2, 0) is 19.0 Å². The molecule has 0 aromatic heterocycles. The minimum absolute atomic E-state index is 0.0116. The van der Waals surface area contributed by atoms with E-state index >= 15 is 0 Å². The zero-order chi connectivity index (χ0) is 21.5. The number of carbonyl (C=O) groups excluding carboxylic acids is 1. The highest BCUT2D eigenvalue weighted by Gasteiger charge is 2.61. The minimum atomic E-state index is -0.397. The molecule has 2 saturated heterocycles. The summed E-state index contributed by atoms with van der Waals surface area (Å²) in [5, 5.41) is 11.0. The van der Waals surface area contributed by atoms with Crippen LogP contribution >= 0.6 is 0 Å². The molecule has 0 spiro atoms. The second-order valence-corrected chi connectivity index (χ2v) is 10.9. The number of nitrogens with zero attached hydrogens (tertiary/aromatic N) is 1. The van der Waals surface area contributed by atoms with E-state index in [1.54, 1.807) is 7.11 Å². The largest absolute Gasteiger partial charge is 0.393 e. The van der Waals surface area contributed by atoms with Gasteiger partial charge in [-0.05, 0) is 61.7 Å². The summed E-state index contributed by atoms with van der Waals surface area (Å²) in [6, 6.07) is 0. The van der Waals surface area contributed by atoms with Crippen LogP contribution in [0.1, 0.15) is 65.7 Å². The molecule has 2 aliphatic heterocycles. The standard InChI is InChI=1S/C24H41NO5/c1-16-8-11-25(12-9-16)21(27)13-17-18(26)5-6-19-23(17,2)10-7-20-24(19,3)15-29-22(30-20)14-28-4/h16-20,22,26H,5-15H2,1-4H3. The first-order valence-corrected chi connectivity index (χ1v) is 12.0. The number of methoxy groups -OCH3 is 1. The van der Waals surface area contributed by atoms with Crippen molar-refractivity contribution < 1.29 is 24.1 Å². The molecule has 7 unspecified atom stereocenters. The average Bonchev–Trinajstić information content (AvgIpc) is 2.71. The van der Waals surface area contributed by atoms with Gasteiger partial charge in [0.05, 0.1) is 25.4 Å². The maximum Gasteiger partial charge on any atom is 0.222 e. The lowest BCUT2D eigenvalue weighted by molar-refractivity contribution is -0.316. The summed E-state index contributed by atoms with van der Waals surface area (Å²) < 4.78 is 17.6. The van der Waals surface area contributed by atoms with Gasteiger partial charge in [-0.15, -0.1) is 0 Å².